The molecule has 0 amide bonds. The van der Waals surface area contributed by atoms with E-state index in [0.29, 0.717) is 6.04 Å². The summed E-state index contributed by atoms with van der Waals surface area (Å²) in [6, 6.07) is 0.564. The van der Waals surface area contributed by atoms with E-state index in [-0.39, 0.29) is 0 Å². The number of ether oxygens (including phenoxy) is 1. The van der Waals surface area contributed by atoms with Crippen molar-refractivity contribution in [3.63, 3.8) is 0 Å². The molecule has 0 aliphatic heterocycles. The van der Waals surface area contributed by atoms with Gasteiger partial charge in [-0.1, -0.05) is 13.8 Å². The lowest BCUT2D eigenvalue weighted by atomic mass is 10.3. The summed E-state index contributed by atoms with van der Waals surface area (Å²) in [5.74, 6) is 0. The maximum absolute atomic E-state index is 5.02. The molecule has 0 bridgehead atoms. The van der Waals surface area contributed by atoms with E-state index in [9.17, 15) is 0 Å². The van der Waals surface area contributed by atoms with Crippen LogP contribution < -0.4 is 5.32 Å². The van der Waals surface area contributed by atoms with Gasteiger partial charge >= 0.3 is 0 Å². The van der Waals surface area contributed by atoms with Gasteiger partial charge in [0.1, 0.15) is 10.0 Å². The Labute approximate surface area is 108 Å². The quantitative estimate of drug-likeness (QED) is 0.688. The fourth-order valence-electron chi connectivity index (χ4n) is 1.49. The van der Waals surface area contributed by atoms with E-state index in [4.69, 9.17) is 4.74 Å². The van der Waals surface area contributed by atoms with Gasteiger partial charge in [-0.25, -0.2) is 0 Å². The van der Waals surface area contributed by atoms with Crippen LogP contribution in [0.15, 0.2) is 0 Å². The summed E-state index contributed by atoms with van der Waals surface area (Å²) in [5, 5.41) is 14.1. The Kier molecular flexibility index (Phi) is 7.32. The summed E-state index contributed by atoms with van der Waals surface area (Å²) in [6.45, 7) is 6.18. The summed E-state index contributed by atoms with van der Waals surface area (Å²) in [4.78, 5) is 0. The third-order valence-electron chi connectivity index (χ3n) is 2.37. The van der Waals surface area contributed by atoms with Crippen molar-refractivity contribution < 1.29 is 4.74 Å². The molecule has 0 saturated carbocycles. The highest BCUT2D eigenvalue weighted by Gasteiger charge is 2.04. The van der Waals surface area contributed by atoms with Crippen molar-refractivity contribution in [1.29, 1.82) is 0 Å². The van der Waals surface area contributed by atoms with Crippen LogP contribution in [0.3, 0.4) is 0 Å². The fraction of sp³-hybridized carbons (Fsp3) is 0.833. The topological polar surface area (TPSA) is 47.0 Å². The maximum Gasteiger partial charge on any atom is 0.117 e. The average Bonchev–Trinajstić information content (AvgIpc) is 2.73. The first-order valence-corrected chi connectivity index (χ1v) is 7.07. The second-order valence-corrected chi connectivity index (χ2v) is 5.54. The minimum Gasteiger partial charge on any atom is -0.385 e. The molecule has 0 aliphatic rings. The Hall–Kier alpha value is -0.520. The Bertz CT molecular complexity index is 302. The van der Waals surface area contributed by atoms with Crippen molar-refractivity contribution in [3.05, 3.63) is 10.0 Å². The maximum atomic E-state index is 5.02. The third kappa shape index (κ3) is 6.71. The normalized spacial score (nSPS) is 11.3. The van der Waals surface area contributed by atoms with Gasteiger partial charge in [-0.2, -0.15) is 0 Å². The lowest BCUT2D eigenvalue weighted by Gasteiger charge is -2.05. The molecular weight excluding hydrogens is 234 g/mol. The Balaban J connectivity index is 2.16. The molecule has 0 spiro atoms. The molecule has 0 radical (unpaired) electrons. The van der Waals surface area contributed by atoms with Gasteiger partial charge in [0.05, 0.1) is 0 Å². The van der Waals surface area contributed by atoms with Gasteiger partial charge in [-0.3, -0.25) is 0 Å². The molecule has 1 rings (SSSR count). The third-order valence-corrected chi connectivity index (χ3v) is 3.41. The van der Waals surface area contributed by atoms with E-state index in [1.165, 1.54) is 0 Å². The molecule has 1 aromatic heterocycles. The minimum absolute atomic E-state index is 0.564. The van der Waals surface area contributed by atoms with E-state index < -0.39 is 0 Å². The molecule has 1 heterocycles. The predicted octanol–water partition coefficient (Wildman–Crippen LogP) is 2.05. The molecule has 17 heavy (non-hydrogen) atoms. The lowest BCUT2D eigenvalue weighted by Crippen LogP contribution is -2.23. The molecule has 1 N–H and O–H groups in total. The zero-order valence-electron chi connectivity index (χ0n) is 11.0. The number of rotatable bonds is 9. The summed E-state index contributed by atoms with van der Waals surface area (Å²) in [5.41, 5.74) is 0. The first-order valence-electron chi connectivity index (χ1n) is 6.26. The van der Waals surface area contributed by atoms with Crippen LogP contribution in [0.1, 0.15) is 36.7 Å². The van der Waals surface area contributed by atoms with Crippen molar-refractivity contribution >= 4 is 11.3 Å². The second kappa shape index (κ2) is 8.55. The predicted molar refractivity (Wildman–Crippen MR) is 71.6 cm³/mol. The number of aryl methyl sites for hydroxylation is 2. The van der Waals surface area contributed by atoms with E-state index in [0.717, 1.165) is 48.9 Å². The van der Waals surface area contributed by atoms with Crippen molar-refractivity contribution in [2.45, 2.75) is 45.6 Å². The second-order valence-electron chi connectivity index (χ2n) is 4.40. The van der Waals surface area contributed by atoms with E-state index in [2.05, 4.69) is 29.4 Å². The molecule has 98 valence electrons. The SMILES string of the molecule is COCCCc1nnc(CCCNC(C)C)s1. The van der Waals surface area contributed by atoms with Crippen molar-refractivity contribution in [2.24, 2.45) is 0 Å². The van der Waals surface area contributed by atoms with Gasteiger partial charge in [0.25, 0.3) is 0 Å². The molecule has 0 aliphatic carbocycles. The van der Waals surface area contributed by atoms with E-state index in [1.807, 2.05) is 0 Å². The Morgan fingerprint density at radius 3 is 2.41 bits per heavy atom. The number of aromatic nitrogens is 2. The van der Waals surface area contributed by atoms with E-state index >= 15 is 0 Å². The highest BCUT2D eigenvalue weighted by atomic mass is 32.1. The highest BCUT2D eigenvalue weighted by Crippen LogP contribution is 2.13. The van der Waals surface area contributed by atoms with Crippen LogP contribution in [0.4, 0.5) is 0 Å². The number of methoxy groups -OCH3 is 1. The monoisotopic (exact) mass is 257 g/mol. The number of nitrogens with one attached hydrogen (secondary N) is 1. The highest BCUT2D eigenvalue weighted by molar-refractivity contribution is 7.11. The molecule has 0 atom stereocenters. The molecule has 0 fully saturated rings. The van der Waals surface area contributed by atoms with Crippen LogP contribution in [0.2, 0.25) is 0 Å². The van der Waals surface area contributed by atoms with Crippen LogP contribution >= 0.6 is 11.3 Å². The van der Waals surface area contributed by atoms with E-state index in [1.54, 1.807) is 18.4 Å². The molecule has 0 saturated heterocycles. The van der Waals surface area contributed by atoms with Gasteiger partial charge in [-0.05, 0) is 19.4 Å². The number of hydrogen-bond donors (Lipinski definition) is 1. The standard InChI is InChI=1S/C12H23N3OS/c1-10(2)13-8-4-6-11-14-15-12(17-11)7-5-9-16-3/h10,13H,4-9H2,1-3H3. The first-order chi connectivity index (χ1) is 8.22. The Morgan fingerprint density at radius 2 is 1.82 bits per heavy atom. The Morgan fingerprint density at radius 1 is 1.18 bits per heavy atom. The molecule has 0 aromatic carbocycles. The van der Waals surface area contributed by atoms with Gasteiger partial charge in [0.2, 0.25) is 0 Å². The minimum atomic E-state index is 0.564. The average molecular weight is 257 g/mol. The van der Waals surface area contributed by atoms with Crippen LogP contribution in [0, 0.1) is 0 Å². The summed E-state index contributed by atoms with van der Waals surface area (Å²) in [6.07, 6.45) is 4.17. The molecule has 0 unspecified atom stereocenters. The van der Waals surface area contributed by atoms with Gasteiger partial charge in [0, 0.05) is 32.6 Å². The van der Waals surface area contributed by atoms with Gasteiger partial charge in [-0.15, -0.1) is 21.5 Å². The summed E-state index contributed by atoms with van der Waals surface area (Å²) in [7, 11) is 1.73. The van der Waals surface area contributed by atoms with Crippen LogP contribution in [0.25, 0.3) is 0 Å². The van der Waals surface area contributed by atoms with Gasteiger partial charge < -0.3 is 10.1 Å². The van der Waals surface area contributed by atoms with Crippen LogP contribution in [-0.4, -0.2) is 36.5 Å². The van der Waals surface area contributed by atoms with Crippen molar-refractivity contribution in [2.75, 3.05) is 20.3 Å². The largest absolute Gasteiger partial charge is 0.385 e. The summed E-state index contributed by atoms with van der Waals surface area (Å²) < 4.78 is 5.02. The molecule has 5 heteroatoms. The fourth-order valence-corrected chi connectivity index (χ4v) is 2.42. The first kappa shape index (κ1) is 14.5. The van der Waals surface area contributed by atoms with Gasteiger partial charge in [0.15, 0.2) is 0 Å². The van der Waals surface area contributed by atoms with Crippen LogP contribution in [-0.2, 0) is 17.6 Å². The zero-order valence-corrected chi connectivity index (χ0v) is 11.8. The smallest absolute Gasteiger partial charge is 0.117 e. The zero-order chi connectivity index (χ0) is 12.5. The molecular formula is C12H23N3OS. The molecule has 4 nitrogen and oxygen atoms in total. The lowest BCUT2D eigenvalue weighted by molar-refractivity contribution is 0.195. The van der Waals surface area contributed by atoms with Crippen molar-refractivity contribution in [1.82, 2.24) is 15.5 Å². The molecule has 1 aromatic rings. The summed E-state index contributed by atoms with van der Waals surface area (Å²) >= 11 is 1.74. The van der Waals surface area contributed by atoms with Crippen molar-refractivity contribution in [3.8, 4) is 0 Å². The van der Waals surface area contributed by atoms with Crippen LogP contribution in [0.5, 0.6) is 0 Å². The number of hydrogen-bond acceptors (Lipinski definition) is 5. The number of nitrogens with zero attached hydrogens (tertiary/aromatic N) is 2.